The molecular weight excluding hydrogens is 278 g/mol. The molecular formula is C10H13N9O2. The van der Waals surface area contributed by atoms with Crippen LogP contribution in [0, 0.1) is 0 Å². The number of aromatic nitrogens is 4. The molecule has 110 valence electrons. The van der Waals surface area contributed by atoms with E-state index in [1.165, 1.54) is 6.33 Å². The molecule has 11 nitrogen and oxygen atoms in total. The van der Waals surface area contributed by atoms with E-state index in [0.29, 0.717) is 17.6 Å². The summed E-state index contributed by atoms with van der Waals surface area (Å²) in [7, 11) is 0. The summed E-state index contributed by atoms with van der Waals surface area (Å²) in [5, 5.41) is 12.9. The lowest BCUT2D eigenvalue weighted by molar-refractivity contribution is -0.0232. The largest absolute Gasteiger partial charge is 0.394 e. The highest BCUT2D eigenvalue weighted by molar-refractivity contribution is 5.82. The molecule has 0 aromatic carbocycles. The second-order valence-electron chi connectivity index (χ2n) is 4.61. The average molecular weight is 291 g/mol. The lowest BCUT2D eigenvalue weighted by Gasteiger charge is -2.14. The molecule has 2 aromatic heterocycles. The van der Waals surface area contributed by atoms with Gasteiger partial charge in [0.2, 0.25) is 5.95 Å². The zero-order chi connectivity index (χ0) is 15.0. The molecule has 11 heteroatoms. The first kappa shape index (κ1) is 13.4. The maximum atomic E-state index is 9.28. The third-order valence-electron chi connectivity index (χ3n) is 3.36. The van der Waals surface area contributed by atoms with Crippen LogP contribution in [0.2, 0.25) is 0 Å². The number of aliphatic hydroxyl groups excluding tert-OH is 1. The standard InChI is InChI=1S/C10H13N9O2/c11-8-7-9(16-10(12)15-8)19(3-14-7)6-1-4(17-18-13)5(2-20)21-6/h3-6,20H,1-2H2,(H4,11,12,15,16)/t4?,5-,6+/m1/s1. The highest BCUT2D eigenvalue weighted by Crippen LogP contribution is 2.33. The molecule has 0 amide bonds. The van der Waals surface area contributed by atoms with Gasteiger partial charge in [-0.2, -0.15) is 9.97 Å². The van der Waals surface area contributed by atoms with Gasteiger partial charge in [0.25, 0.3) is 0 Å². The number of hydrogen-bond donors (Lipinski definition) is 3. The number of hydrogen-bond acceptors (Lipinski definition) is 8. The third kappa shape index (κ3) is 2.18. The van der Waals surface area contributed by atoms with Gasteiger partial charge in [-0.05, 0) is 5.53 Å². The highest BCUT2D eigenvalue weighted by atomic mass is 16.5. The summed E-state index contributed by atoms with van der Waals surface area (Å²) in [5.41, 5.74) is 20.7. The van der Waals surface area contributed by atoms with Crippen LogP contribution in [-0.2, 0) is 4.74 Å². The Kier molecular flexibility index (Phi) is 3.22. The van der Waals surface area contributed by atoms with Crippen molar-refractivity contribution in [2.24, 2.45) is 5.11 Å². The maximum Gasteiger partial charge on any atom is 0.224 e. The molecule has 0 saturated carbocycles. The van der Waals surface area contributed by atoms with Crippen LogP contribution in [0.15, 0.2) is 11.4 Å². The Morgan fingerprint density at radius 1 is 1.52 bits per heavy atom. The third-order valence-corrected chi connectivity index (χ3v) is 3.36. The van der Waals surface area contributed by atoms with Gasteiger partial charge in [0.05, 0.1) is 25.1 Å². The zero-order valence-corrected chi connectivity index (χ0v) is 10.9. The minimum atomic E-state index is -0.570. The summed E-state index contributed by atoms with van der Waals surface area (Å²) >= 11 is 0. The number of imidazole rings is 1. The summed E-state index contributed by atoms with van der Waals surface area (Å²) in [6.45, 7) is -0.244. The molecule has 1 aliphatic rings. The molecule has 0 bridgehead atoms. The minimum Gasteiger partial charge on any atom is -0.394 e. The molecule has 1 unspecified atom stereocenters. The fraction of sp³-hybridized carbons (Fsp3) is 0.500. The minimum absolute atomic E-state index is 0.0325. The van der Waals surface area contributed by atoms with Gasteiger partial charge in [0.1, 0.15) is 11.7 Å². The van der Waals surface area contributed by atoms with Crippen LogP contribution in [0.1, 0.15) is 12.6 Å². The van der Waals surface area contributed by atoms with Crippen molar-refractivity contribution in [3.05, 3.63) is 16.8 Å². The Morgan fingerprint density at radius 2 is 2.33 bits per heavy atom. The Hall–Kier alpha value is -2.62. The van der Waals surface area contributed by atoms with Gasteiger partial charge in [-0.25, -0.2) is 4.98 Å². The lowest BCUT2D eigenvalue weighted by atomic mass is 10.1. The highest BCUT2D eigenvalue weighted by Gasteiger charge is 2.36. The number of ether oxygens (including phenoxy) is 1. The molecule has 0 radical (unpaired) electrons. The van der Waals surface area contributed by atoms with Crippen molar-refractivity contribution in [1.82, 2.24) is 19.5 Å². The van der Waals surface area contributed by atoms with E-state index in [1.807, 2.05) is 0 Å². The van der Waals surface area contributed by atoms with Gasteiger partial charge in [0.15, 0.2) is 11.5 Å². The molecule has 5 N–H and O–H groups in total. The fourth-order valence-corrected chi connectivity index (χ4v) is 2.40. The van der Waals surface area contributed by atoms with Gasteiger partial charge < -0.3 is 21.3 Å². The van der Waals surface area contributed by atoms with Crippen LogP contribution in [0.4, 0.5) is 11.8 Å². The molecule has 3 rings (SSSR count). The van der Waals surface area contributed by atoms with Gasteiger partial charge >= 0.3 is 0 Å². The Bertz CT molecular complexity index is 723. The van der Waals surface area contributed by atoms with E-state index < -0.39 is 18.4 Å². The summed E-state index contributed by atoms with van der Waals surface area (Å²) in [4.78, 5) is 14.8. The molecule has 1 saturated heterocycles. The van der Waals surface area contributed by atoms with Crippen molar-refractivity contribution in [2.75, 3.05) is 18.1 Å². The van der Waals surface area contributed by atoms with E-state index in [-0.39, 0.29) is 18.4 Å². The predicted octanol–water partition coefficient (Wildman–Crippen LogP) is -0.0506. The second-order valence-corrected chi connectivity index (χ2v) is 4.61. The Balaban J connectivity index is 2.00. The first-order chi connectivity index (χ1) is 10.1. The zero-order valence-electron chi connectivity index (χ0n) is 10.9. The fourth-order valence-electron chi connectivity index (χ4n) is 2.40. The Labute approximate surface area is 118 Å². The molecule has 3 atom stereocenters. The number of azide groups is 1. The van der Waals surface area contributed by atoms with Crippen molar-refractivity contribution in [1.29, 1.82) is 0 Å². The van der Waals surface area contributed by atoms with E-state index in [0.717, 1.165) is 0 Å². The normalized spacial score (nSPS) is 25.1. The summed E-state index contributed by atoms with van der Waals surface area (Å²) < 4.78 is 7.31. The van der Waals surface area contributed by atoms with E-state index in [9.17, 15) is 5.11 Å². The number of rotatable bonds is 3. The van der Waals surface area contributed by atoms with Crippen molar-refractivity contribution >= 4 is 22.9 Å². The van der Waals surface area contributed by atoms with E-state index in [2.05, 4.69) is 25.0 Å². The molecule has 2 aromatic rings. The van der Waals surface area contributed by atoms with Gasteiger partial charge in [-0.15, -0.1) is 0 Å². The SMILES string of the molecule is [N-]=[N+]=NC1C[C@@H](n2cnc3c(N)nc(N)nc32)O[C@@H]1CO. The van der Waals surface area contributed by atoms with E-state index in [4.69, 9.17) is 21.7 Å². The van der Waals surface area contributed by atoms with E-state index >= 15 is 0 Å². The monoisotopic (exact) mass is 291 g/mol. The molecule has 21 heavy (non-hydrogen) atoms. The first-order valence-electron chi connectivity index (χ1n) is 6.20. The quantitative estimate of drug-likeness (QED) is 0.403. The number of aliphatic hydroxyl groups is 1. The first-order valence-corrected chi connectivity index (χ1v) is 6.20. The predicted molar refractivity (Wildman–Crippen MR) is 72.7 cm³/mol. The molecule has 0 spiro atoms. The van der Waals surface area contributed by atoms with Crippen LogP contribution in [0.25, 0.3) is 21.6 Å². The molecule has 3 heterocycles. The van der Waals surface area contributed by atoms with Crippen LogP contribution < -0.4 is 11.5 Å². The van der Waals surface area contributed by atoms with Crippen LogP contribution in [-0.4, -0.2) is 43.4 Å². The van der Waals surface area contributed by atoms with Crippen LogP contribution in [0.3, 0.4) is 0 Å². The maximum absolute atomic E-state index is 9.28. The number of nitrogens with zero attached hydrogens (tertiary/aromatic N) is 7. The summed E-state index contributed by atoms with van der Waals surface area (Å²) in [6, 6.07) is -0.459. The number of fused-ring (bicyclic) bond motifs is 1. The van der Waals surface area contributed by atoms with E-state index in [1.54, 1.807) is 4.57 Å². The van der Waals surface area contributed by atoms with Crippen molar-refractivity contribution < 1.29 is 9.84 Å². The number of nitrogen functional groups attached to an aromatic ring is 2. The molecule has 0 aliphatic carbocycles. The van der Waals surface area contributed by atoms with Gasteiger partial charge in [-0.3, -0.25) is 4.57 Å². The smallest absolute Gasteiger partial charge is 0.224 e. The van der Waals surface area contributed by atoms with Crippen molar-refractivity contribution in [3.63, 3.8) is 0 Å². The van der Waals surface area contributed by atoms with Gasteiger partial charge in [0, 0.05) is 11.3 Å². The second kappa shape index (κ2) is 5.05. The lowest BCUT2D eigenvalue weighted by Crippen LogP contribution is -2.22. The summed E-state index contributed by atoms with van der Waals surface area (Å²) in [6.07, 6.45) is 0.855. The molecule has 1 fully saturated rings. The van der Waals surface area contributed by atoms with Gasteiger partial charge in [-0.1, -0.05) is 5.11 Å². The topological polar surface area (TPSA) is 174 Å². The Morgan fingerprint density at radius 3 is 3.05 bits per heavy atom. The summed E-state index contributed by atoms with van der Waals surface area (Å²) in [5.74, 6) is 0.213. The van der Waals surface area contributed by atoms with Crippen LogP contribution in [0.5, 0.6) is 0 Å². The molecule has 1 aliphatic heterocycles. The number of anilines is 2. The average Bonchev–Trinajstić information content (AvgIpc) is 3.02. The number of nitrogens with two attached hydrogens (primary N) is 2. The van der Waals surface area contributed by atoms with Crippen molar-refractivity contribution in [3.8, 4) is 0 Å². The van der Waals surface area contributed by atoms with Crippen LogP contribution >= 0.6 is 0 Å². The van der Waals surface area contributed by atoms with Crippen molar-refractivity contribution in [2.45, 2.75) is 24.8 Å².